The van der Waals surface area contributed by atoms with Gasteiger partial charge < -0.3 is 14.8 Å². The van der Waals surface area contributed by atoms with E-state index < -0.39 is 0 Å². The normalized spacial score (nSPS) is 23.2. The van der Waals surface area contributed by atoms with Crippen LogP contribution in [-0.4, -0.2) is 31.9 Å². The van der Waals surface area contributed by atoms with Gasteiger partial charge in [0, 0.05) is 6.54 Å². The highest BCUT2D eigenvalue weighted by Crippen LogP contribution is 2.26. The third kappa shape index (κ3) is 3.97. The van der Waals surface area contributed by atoms with Gasteiger partial charge in [-0.3, -0.25) is 0 Å². The Morgan fingerprint density at radius 2 is 2.11 bits per heavy atom. The fourth-order valence-corrected chi connectivity index (χ4v) is 2.50. The van der Waals surface area contributed by atoms with Gasteiger partial charge in [-0.05, 0) is 47.4 Å². The molecule has 0 spiro atoms. The molecule has 100 valence electrons. The third-order valence-electron chi connectivity index (χ3n) is 3.08. The van der Waals surface area contributed by atoms with Gasteiger partial charge in [0.25, 0.3) is 0 Å². The molecule has 1 aliphatic heterocycles. The first kappa shape index (κ1) is 13.8. The van der Waals surface area contributed by atoms with Gasteiger partial charge >= 0.3 is 0 Å². The predicted octanol–water partition coefficient (Wildman–Crippen LogP) is 2.99. The summed E-state index contributed by atoms with van der Waals surface area (Å²) < 4.78 is 12.7. The number of halogens is 1. The summed E-state index contributed by atoms with van der Waals surface area (Å²) in [4.78, 5) is 0. The number of benzene rings is 1. The van der Waals surface area contributed by atoms with Crippen LogP contribution in [0.3, 0.4) is 0 Å². The Morgan fingerprint density at radius 3 is 2.89 bits per heavy atom. The van der Waals surface area contributed by atoms with E-state index in [1.807, 2.05) is 24.3 Å². The van der Waals surface area contributed by atoms with E-state index >= 15 is 0 Å². The van der Waals surface area contributed by atoms with Crippen molar-refractivity contribution >= 4 is 15.9 Å². The molecule has 1 heterocycles. The van der Waals surface area contributed by atoms with Crippen LogP contribution in [0.4, 0.5) is 0 Å². The van der Waals surface area contributed by atoms with Crippen molar-refractivity contribution in [2.24, 2.45) is 0 Å². The Kier molecular flexibility index (Phi) is 5.47. The molecule has 1 saturated heterocycles. The molecule has 1 aromatic carbocycles. The zero-order valence-electron chi connectivity index (χ0n) is 10.7. The fraction of sp³-hybridized carbons (Fsp3) is 0.571. The lowest BCUT2D eigenvalue weighted by molar-refractivity contribution is 0.0186. The minimum absolute atomic E-state index is 0.223. The Bertz CT molecular complexity index is 373. The van der Waals surface area contributed by atoms with Crippen LogP contribution in [0.25, 0.3) is 0 Å². The first-order chi connectivity index (χ1) is 8.79. The van der Waals surface area contributed by atoms with Crippen LogP contribution >= 0.6 is 15.9 Å². The molecule has 2 rings (SSSR count). The molecule has 1 N–H and O–H groups in total. The lowest BCUT2D eigenvalue weighted by Crippen LogP contribution is -2.28. The minimum atomic E-state index is 0.223. The molecule has 0 radical (unpaired) electrons. The second-order valence-electron chi connectivity index (χ2n) is 4.51. The van der Waals surface area contributed by atoms with Crippen LogP contribution < -0.4 is 10.1 Å². The van der Waals surface area contributed by atoms with Crippen LogP contribution in [0.15, 0.2) is 28.7 Å². The van der Waals surface area contributed by atoms with E-state index in [2.05, 4.69) is 28.2 Å². The maximum atomic E-state index is 5.92. The SMILES string of the molecule is CCNCC1CCC(COc2ccccc2Br)O1. The van der Waals surface area contributed by atoms with Gasteiger partial charge in [0.2, 0.25) is 0 Å². The molecule has 0 bridgehead atoms. The average Bonchev–Trinajstić information content (AvgIpc) is 2.83. The van der Waals surface area contributed by atoms with Gasteiger partial charge in [0.05, 0.1) is 16.7 Å². The maximum Gasteiger partial charge on any atom is 0.133 e. The summed E-state index contributed by atoms with van der Waals surface area (Å²) in [5.74, 6) is 0.885. The molecule has 18 heavy (non-hydrogen) atoms. The van der Waals surface area contributed by atoms with Crippen molar-refractivity contribution in [2.75, 3.05) is 19.7 Å². The standard InChI is InChI=1S/C14H20BrNO2/c1-2-16-9-11-7-8-12(18-11)10-17-14-6-4-3-5-13(14)15/h3-6,11-12,16H,2,7-10H2,1H3. The van der Waals surface area contributed by atoms with Gasteiger partial charge in [0.1, 0.15) is 12.4 Å². The van der Waals surface area contributed by atoms with Crippen molar-refractivity contribution in [1.29, 1.82) is 0 Å². The summed E-state index contributed by atoms with van der Waals surface area (Å²) in [6, 6.07) is 7.91. The zero-order valence-corrected chi connectivity index (χ0v) is 12.3. The molecule has 2 unspecified atom stereocenters. The monoisotopic (exact) mass is 313 g/mol. The van der Waals surface area contributed by atoms with Crippen LogP contribution in [-0.2, 0) is 4.74 Å². The van der Waals surface area contributed by atoms with Crippen molar-refractivity contribution in [2.45, 2.75) is 32.0 Å². The Labute approximate surface area is 117 Å². The van der Waals surface area contributed by atoms with Gasteiger partial charge in [-0.1, -0.05) is 19.1 Å². The van der Waals surface area contributed by atoms with Gasteiger partial charge in [-0.2, -0.15) is 0 Å². The van der Waals surface area contributed by atoms with E-state index in [0.29, 0.717) is 12.7 Å². The summed E-state index contributed by atoms with van der Waals surface area (Å²) in [5, 5.41) is 3.32. The summed E-state index contributed by atoms with van der Waals surface area (Å²) in [7, 11) is 0. The second kappa shape index (κ2) is 7.12. The second-order valence-corrected chi connectivity index (χ2v) is 5.36. The molecule has 1 fully saturated rings. The highest BCUT2D eigenvalue weighted by molar-refractivity contribution is 9.10. The third-order valence-corrected chi connectivity index (χ3v) is 3.73. The molecule has 1 aromatic rings. The number of likely N-dealkylation sites (N-methyl/N-ethyl adjacent to an activating group) is 1. The van der Waals surface area contributed by atoms with Crippen LogP contribution in [0, 0.1) is 0 Å². The molecular weight excluding hydrogens is 294 g/mol. The molecule has 0 saturated carbocycles. The summed E-state index contributed by atoms with van der Waals surface area (Å²) in [6.45, 7) is 4.69. The summed E-state index contributed by atoms with van der Waals surface area (Å²) in [6.07, 6.45) is 2.77. The van der Waals surface area contributed by atoms with E-state index in [4.69, 9.17) is 9.47 Å². The highest BCUT2D eigenvalue weighted by atomic mass is 79.9. The van der Waals surface area contributed by atoms with Gasteiger partial charge in [0.15, 0.2) is 0 Å². The van der Waals surface area contributed by atoms with Crippen molar-refractivity contribution in [1.82, 2.24) is 5.32 Å². The first-order valence-electron chi connectivity index (χ1n) is 6.53. The average molecular weight is 314 g/mol. The smallest absolute Gasteiger partial charge is 0.133 e. The molecule has 3 nitrogen and oxygen atoms in total. The molecule has 0 amide bonds. The molecule has 2 atom stereocenters. The summed E-state index contributed by atoms with van der Waals surface area (Å²) >= 11 is 3.48. The predicted molar refractivity (Wildman–Crippen MR) is 76.1 cm³/mol. The van der Waals surface area contributed by atoms with E-state index in [-0.39, 0.29) is 6.10 Å². The van der Waals surface area contributed by atoms with Crippen LogP contribution in [0.2, 0.25) is 0 Å². The fourth-order valence-electron chi connectivity index (χ4n) is 2.10. The number of hydrogen-bond acceptors (Lipinski definition) is 3. The minimum Gasteiger partial charge on any atom is -0.490 e. The van der Waals surface area contributed by atoms with E-state index in [9.17, 15) is 0 Å². The number of ether oxygens (including phenoxy) is 2. The van der Waals surface area contributed by atoms with Crippen molar-refractivity contribution in [3.8, 4) is 5.75 Å². The first-order valence-corrected chi connectivity index (χ1v) is 7.32. The molecular formula is C14H20BrNO2. The van der Waals surface area contributed by atoms with Crippen molar-refractivity contribution in [3.05, 3.63) is 28.7 Å². The lowest BCUT2D eigenvalue weighted by Gasteiger charge is -2.15. The highest BCUT2D eigenvalue weighted by Gasteiger charge is 2.25. The molecule has 1 aliphatic rings. The van der Waals surface area contributed by atoms with Gasteiger partial charge in [-0.25, -0.2) is 0 Å². The topological polar surface area (TPSA) is 30.5 Å². The molecule has 0 aliphatic carbocycles. The Hall–Kier alpha value is -0.580. The number of nitrogens with one attached hydrogen (secondary N) is 1. The van der Waals surface area contributed by atoms with E-state index in [1.54, 1.807) is 0 Å². The zero-order chi connectivity index (χ0) is 12.8. The molecule has 4 heteroatoms. The largest absolute Gasteiger partial charge is 0.490 e. The van der Waals surface area contributed by atoms with E-state index in [0.717, 1.165) is 36.2 Å². The lowest BCUT2D eigenvalue weighted by atomic mass is 10.2. The number of hydrogen-bond donors (Lipinski definition) is 1. The van der Waals surface area contributed by atoms with Crippen LogP contribution in [0.5, 0.6) is 5.75 Å². The van der Waals surface area contributed by atoms with Crippen LogP contribution in [0.1, 0.15) is 19.8 Å². The quantitative estimate of drug-likeness (QED) is 0.876. The molecule has 0 aromatic heterocycles. The number of rotatable bonds is 6. The van der Waals surface area contributed by atoms with Gasteiger partial charge in [-0.15, -0.1) is 0 Å². The van der Waals surface area contributed by atoms with Crippen molar-refractivity contribution in [3.63, 3.8) is 0 Å². The maximum absolute atomic E-state index is 5.92. The Balaban J connectivity index is 1.74. The Morgan fingerprint density at radius 1 is 1.33 bits per heavy atom. The van der Waals surface area contributed by atoms with Crippen molar-refractivity contribution < 1.29 is 9.47 Å². The number of para-hydroxylation sites is 1. The van der Waals surface area contributed by atoms with E-state index in [1.165, 1.54) is 0 Å². The summed E-state index contributed by atoms with van der Waals surface area (Å²) in [5.41, 5.74) is 0.